The summed E-state index contributed by atoms with van der Waals surface area (Å²) in [5.74, 6) is -0.900. The van der Waals surface area contributed by atoms with Crippen LogP contribution < -0.4 is 0 Å². The van der Waals surface area contributed by atoms with Gasteiger partial charge in [-0.25, -0.2) is 4.57 Å². The first-order valence-electron chi connectivity index (χ1n) is 23.2. The van der Waals surface area contributed by atoms with Gasteiger partial charge in [0.1, 0.15) is 6.61 Å². The first-order chi connectivity index (χ1) is 28.7. The van der Waals surface area contributed by atoms with E-state index < -0.39 is 26.5 Å². The quantitative estimate of drug-likeness (QED) is 0.0278. The summed E-state index contributed by atoms with van der Waals surface area (Å²) in [6, 6.07) is 0. The van der Waals surface area contributed by atoms with Crippen molar-refractivity contribution in [3.05, 3.63) is 72.9 Å². The highest BCUT2D eigenvalue weighted by Gasteiger charge is 2.26. The van der Waals surface area contributed by atoms with Crippen LogP contribution in [0.3, 0.4) is 0 Å². The molecule has 0 aromatic carbocycles. The van der Waals surface area contributed by atoms with Crippen LogP contribution in [0.15, 0.2) is 72.9 Å². The molecule has 59 heavy (non-hydrogen) atoms. The number of allylic oxidation sites excluding steroid dienone is 12. The largest absolute Gasteiger partial charge is 0.472 e. The maximum atomic E-state index is 12.6. The van der Waals surface area contributed by atoms with E-state index in [0.717, 1.165) is 57.8 Å². The van der Waals surface area contributed by atoms with Crippen molar-refractivity contribution in [2.75, 3.05) is 40.5 Å². The minimum absolute atomic E-state index is 0.00840. The van der Waals surface area contributed by atoms with Crippen LogP contribution in [0.2, 0.25) is 0 Å². The number of ether oxygens (including phenoxy) is 2. The summed E-state index contributed by atoms with van der Waals surface area (Å²) in [5.41, 5.74) is 0. The van der Waals surface area contributed by atoms with Gasteiger partial charge in [-0.2, -0.15) is 0 Å². The number of rotatable bonds is 42. The molecule has 0 aliphatic carbocycles. The molecule has 0 aromatic heterocycles. The Labute approximate surface area is 361 Å². The molecule has 1 N–H and O–H groups in total. The fraction of sp³-hybridized carbons (Fsp3) is 0.714. The molecule has 0 aromatic rings. The molecule has 0 heterocycles. The molecule has 0 fully saturated rings. The number of carbonyl (C=O) groups is 2. The summed E-state index contributed by atoms with van der Waals surface area (Å²) >= 11 is 0. The second kappa shape index (κ2) is 43.5. The molecule has 340 valence electrons. The maximum Gasteiger partial charge on any atom is 0.472 e. The Morgan fingerprint density at radius 2 is 0.966 bits per heavy atom. The summed E-state index contributed by atoms with van der Waals surface area (Å²) in [6.45, 7) is 4.13. The number of phosphoric ester groups is 1. The molecule has 0 rings (SSSR count). The molecule has 2 unspecified atom stereocenters. The molecule has 0 bridgehead atoms. The topological polar surface area (TPSA) is 112 Å². The van der Waals surface area contributed by atoms with Crippen molar-refractivity contribution in [1.82, 2.24) is 4.90 Å². The zero-order chi connectivity index (χ0) is 43.3. The summed E-state index contributed by atoms with van der Waals surface area (Å²) in [4.78, 5) is 37.1. The smallest absolute Gasteiger partial charge is 0.462 e. The number of phosphoric acid groups is 1. The van der Waals surface area contributed by atoms with Gasteiger partial charge in [-0.1, -0.05) is 189 Å². The molecule has 0 amide bonds. The van der Waals surface area contributed by atoms with Crippen LogP contribution in [-0.2, 0) is 32.7 Å². The number of hydrogen-bond donors (Lipinski definition) is 1. The predicted octanol–water partition coefficient (Wildman–Crippen LogP) is 13.7. The van der Waals surface area contributed by atoms with E-state index in [0.29, 0.717) is 13.0 Å². The van der Waals surface area contributed by atoms with Crippen LogP contribution >= 0.6 is 7.82 Å². The van der Waals surface area contributed by atoms with Crippen molar-refractivity contribution in [2.24, 2.45) is 0 Å². The first-order valence-corrected chi connectivity index (χ1v) is 24.7. The fourth-order valence-electron chi connectivity index (χ4n) is 6.01. The van der Waals surface area contributed by atoms with Crippen LogP contribution in [0.4, 0.5) is 0 Å². The number of carbonyl (C=O) groups excluding carboxylic acids is 2. The first kappa shape index (κ1) is 56.5. The zero-order valence-corrected chi connectivity index (χ0v) is 38.8. The highest BCUT2D eigenvalue weighted by molar-refractivity contribution is 7.47. The summed E-state index contributed by atoms with van der Waals surface area (Å²) < 4.78 is 33.4. The van der Waals surface area contributed by atoms with Crippen molar-refractivity contribution in [3.63, 3.8) is 0 Å². The van der Waals surface area contributed by atoms with E-state index in [1.807, 2.05) is 31.1 Å². The Balaban J connectivity index is 4.37. The Hall–Kier alpha value is -2.55. The molecular formula is C49H86NO8P. The van der Waals surface area contributed by atoms with Crippen molar-refractivity contribution in [2.45, 2.75) is 187 Å². The Kier molecular flexibility index (Phi) is 41.7. The van der Waals surface area contributed by atoms with Gasteiger partial charge in [-0.05, 0) is 65.5 Å². The van der Waals surface area contributed by atoms with Crippen LogP contribution in [0.25, 0.3) is 0 Å². The zero-order valence-electron chi connectivity index (χ0n) is 37.9. The van der Waals surface area contributed by atoms with Crippen LogP contribution in [0, 0.1) is 0 Å². The second-order valence-electron chi connectivity index (χ2n) is 15.6. The second-order valence-corrected chi connectivity index (χ2v) is 17.0. The third kappa shape index (κ3) is 44.8. The lowest BCUT2D eigenvalue weighted by Gasteiger charge is -2.20. The van der Waals surface area contributed by atoms with E-state index >= 15 is 0 Å². The molecular weight excluding hydrogens is 762 g/mol. The highest BCUT2D eigenvalue weighted by Crippen LogP contribution is 2.43. The Bertz CT molecular complexity index is 1210. The minimum Gasteiger partial charge on any atom is -0.462 e. The van der Waals surface area contributed by atoms with Gasteiger partial charge >= 0.3 is 19.8 Å². The van der Waals surface area contributed by atoms with Gasteiger partial charge in [0.2, 0.25) is 0 Å². The number of likely N-dealkylation sites (N-methyl/N-ethyl adjacent to an activating group) is 1. The van der Waals surface area contributed by atoms with E-state index in [1.165, 1.54) is 89.9 Å². The maximum absolute atomic E-state index is 12.6. The van der Waals surface area contributed by atoms with Crippen molar-refractivity contribution < 1.29 is 37.6 Å². The van der Waals surface area contributed by atoms with Gasteiger partial charge in [0, 0.05) is 19.4 Å². The molecule has 0 spiro atoms. The standard InChI is InChI=1S/C49H86NO8P/c1-5-7-9-11-13-15-17-19-21-23-24-26-28-30-32-34-36-38-40-42-49(52)58-47(46-57-59(53,54)56-44-43-50(3)4)45-55-48(51)41-39-37-35-33-31-29-27-25-22-20-18-16-14-12-10-8-6-2/h7,9,13,15,19,21,24,26,30,32,36,38,47H,5-6,8,10-12,14,16-18,20,22-23,25,27-29,31,33-35,37,39-46H2,1-4H3,(H,53,54)/b9-7-,15-13-,21-19-,26-24-,32-30-,38-36-. The molecule has 0 radical (unpaired) electrons. The van der Waals surface area contributed by atoms with Crippen LogP contribution in [0.1, 0.15) is 181 Å². The van der Waals surface area contributed by atoms with E-state index in [1.54, 1.807) is 0 Å². The minimum atomic E-state index is -4.39. The van der Waals surface area contributed by atoms with Crippen LogP contribution in [-0.4, -0.2) is 68.3 Å². The summed E-state index contributed by atoms with van der Waals surface area (Å²) in [7, 11) is -0.754. The third-order valence-electron chi connectivity index (χ3n) is 9.54. The fourth-order valence-corrected chi connectivity index (χ4v) is 6.75. The SMILES string of the molecule is CC/C=C\C/C=C\C/C=C\C/C=C\C/C=C\C/C=C\CCC(=O)OC(COC(=O)CCCCCCCCCCCCCCCCCCC)COP(=O)(O)OCCN(C)C. The molecule has 2 atom stereocenters. The summed E-state index contributed by atoms with van der Waals surface area (Å²) in [6.07, 6.45) is 52.5. The Morgan fingerprint density at radius 3 is 1.41 bits per heavy atom. The molecule has 0 saturated carbocycles. The number of nitrogens with zero attached hydrogens (tertiary/aromatic N) is 1. The Morgan fingerprint density at radius 1 is 0.542 bits per heavy atom. The van der Waals surface area contributed by atoms with Gasteiger partial charge < -0.3 is 19.3 Å². The number of esters is 2. The van der Waals surface area contributed by atoms with Gasteiger partial charge in [-0.3, -0.25) is 18.6 Å². The highest BCUT2D eigenvalue weighted by atomic mass is 31.2. The van der Waals surface area contributed by atoms with Gasteiger partial charge in [0.05, 0.1) is 13.2 Å². The predicted molar refractivity (Wildman–Crippen MR) is 247 cm³/mol. The van der Waals surface area contributed by atoms with Gasteiger partial charge in [0.15, 0.2) is 6.10 Å². The van der Waals surface area contributed by atoms with Crippen molar-refractivity contribution in [3.8, 4) is 0 Å². The summed E-state index contributed by atoms with van der Waals surface area (Å²) in [5, 5.41) is 0. The van der Waals surface area contributed by atoms with E-state index in [9.17, 15) is 19.0 Å². The molecule has 0 saturated heterocycles. The lowest BCUT2D eigenvalue weighted by molar-refractivity contribution is -0.161. The molecule has 0 aliphatic heterocycles. The lowest BCUT2D eigenvalue weighted by atomic mass is 10.0. The van der Waals surface area contributed by atoms with E-state index in [4.69, 9.17) is 18.5 Å². The van der Waals surface area contributed by atoms with Crippen molar-refractivity contribution in [1.29, 1.82) is 0 Å². The lowest BCUT2D eigenvalue weighted by Crippen LogP contribution is -2.29. The normalized spacial score (nSPS) is 14.0. The van der Waals surface area contributed by atoms with E-state index in [-0.39, 0.29) is 32.0 Å². The van der Waals surface area contributed by atoms with Crippen LogP contribution in [0.5, 0.6) is 0 Å². The van der Waals surface area contributed by atoms with Crippen molar-refractivity contribution >= 4 is 19.8 Å². The number of hydrogen-bond acceptors (Lipinski definition) is 8. The third-order valence-corrected chi connectivity index (χ3v) is 10.5. The molecule has 0 aliphatic rings. The molecule has 9 nitrogen and oxygen atoms in total. The molecule has 10 heteroatoms. The van der Waals surface area contributed by atoms with E-state index in [2.05, 4.69) is 74.6 Å². The average Bonchev–Trinajstić information content (AvgIpc) is 3.20. The monoisotopic (exact) mass is 848 g/mol. The average molecular weight is 848 g/mol. The van der Waals surface area contributed by atoms with Gasteiger partial charge in [-0.15, -0.1) is 0 Å². The van der Waals surface area contributed by atoms with Gasteiger partial charge in [0.25, 0.3) is 0 Å². The number of unbranched alkanes of at least 4 members (excludes halogenated alkanes) is 16.